The van der Waals surface area contributed by atoms with E-state index in [0.717, 1.165) is 5.56 Å². The number of alkyl halides is 3. The molecule has 20 heavy (non-hydrogen) atoms. The smallest absolute Gasteiger partial charge is 0.296 e. The number of benzene rings is 1. The SMILES string of the molecule is CC(C)c1ccc(-n2nnc(C=O)c2C(F)(F)F)cc1. The molecule has 0 atom stereocenters. The van der Waals surface area contributed by atoms with Crippen molar-refractivity contribution in [3.8, 4) is 5.69 Å². The quantitative estimate of drug-likeness (QED) is 0.812. The van der Waals surface area contributed by atoms with Crippen molar-refractivity contribution in [1.82, 2.24) is 15.0 Å². The number of hydrogen-bond acceptors (Lipinski definition) is 3. The molecule has 0 spiro atoms. The van der Waals surface area contributed by atoms with Crippen molar-refractivity contribution in [3.05, 3.63) is 41.2 Å². The molecule has 0 unspecified atom stereocenters. The Kier molecular flexibility index (Phi) is 3.61. The van der Waals surface area contributed by atoms with Crippen molar-refractivity contribution in [2.75, 3.05) is 0 Å². The van der Waals surface area contributed by atoms with E-state index in [1.807, 2.05) is 13.8 Å². The summed E-state index contributed by atoms with van der Waals surface area (Å²) in [5.41, 5.74) is -0.671. The van der Waals surface area contributed by atoms with Crippen LogP contribution in [0.25, 0.3) is 5.69 Å². The fraction of sp³-hybridized carbons (Fsp3) is 0.308. The summed E-state index contributed by atoms with van der Waals surface area (Å²) >= 11 is 0. The second-order valence-electron chi connectivity index (χ2n) is 4.60. The molecule has 1 heterocycles. The van der Waals surface area contributed by atoms with Gasteiger partial charge in [-0.1, -0.05) is 31.2 Å². The van der Waals surface area contributed by atoms with E-state index in [-0.39, 0.29) is 17.9 Å². The zero-order valence-electron chi connectivity index (χ0n) is 10.8. The van der Waals surface area contributed by atoms with Crippen LogP contribution < -0.4 is 0 Å². The summed E-state index contributed by atoms with van der Waals surface area (Å²) in [5, 5.41) is 6.67. The van der Waals surface area contributed by atoms with E-state index in [1.165, 1.54) is 12.1 Å². The lowest BCUT2D eigenvalue weighted by Crippen LogP contribution is -2.15. The fourth-order valence-corrected chi connectivity index (χ4v) is 1.82. The summed E-state index contributed by atoms with van der Waals surface area (Å²) in [7, 11) is 0. The number of carbonyl (C=O) groups excluding carboxylic acids is 1. The Balaban J connectivity index is 2.53. The standard InChI is InChI=1S/C13H12F3N3O/c1-8(2)9-3-5-10(6-4-9)19-12(13(14,15)16)11(7-20)17-18-19/h3-8H,1-2H3. The van der Waals surface area contributed by atoms with Gasteiger partial charge in [0.05, 0.1) is 5.69 Å². The highest BCUT2D eigenvalue weighted by molar-refractivity contribution is 5.73. The number of nitrogens with zero attached hydrogens (tertiary/aromatic N) is 3. The monoisotopic (exact) mass is 283 g/mol. The molecule has 0 aliphatic heterocycles. The average Bonchev–Trinajstić information content (AvgIpc) is 2.82. The van der Waals surface area contributed by atoms with Gasteiger partial charge < -0.3 is 0 Å². The van der Waals surface area contributed by atoms with Crippen LogP contribution in [0.15, 0.2) is 24.3 Å². The third-order valence-electron chi connectivity index (χ3n) is 2.88. The molecule has 106 valence electrons. The van der Waals surface area contributed by atoms with E-state index in [0.29, 0.717) is 4.68 Å². The number of aromatic nitrogens is 3. The molecule has 0 N–H and O–H groups in total. The van der Waals surface area contributed by atoms with Gasteiger partial charge in [0.1, 0.15) is 0 Å². The maximum Gasteiger partial charge on any atom is 0.435 e. The minimum absolute atomic E-state index is 0.0504. The summed E-state index contributed by atoms with van der Waals surface area (Å²) in [5.74, 6) is 0.271. The molecule has 0 bridgehead atoms. The van der Waals surface area contributed by atoms with Crippen LogP contribution in [0.3, 0.4) is 0 Å². The van der Waals surface area contributed by atoms with Gasteiger partial charge in [0.25, 0.3) is 0 Å². The number of carbonyl (C=O) groups is 1. The predicted octanol–water partition coefficient (Wildman–Crippen LogP) is 3.22. The van der Waals surface area contributed by atoms with E-state index in [1.54, 1.807) is 12.1 Å². The first-order valence-electron chi connectivity index (χ1n) is 5.93. The highest BCUT2D eigenvalue weighted by atomic mass is 19.4. The van der Waals surface area contributed by atoms with Crippen molar-refractivity contribution in [3.63, 3.8) is 0 Å². The van der Waals surface area contributed by atoms with Gasteiger partial charge in [0, 0.05) is 0 Å². The predicted molar refractivity (Wildman–Crippen MR) is 65.8 cm³/mol. The van der Waals surface area contributed by atoms with Crippen molar-refractivity contribution in [2.24, 2.45) is 0 Å². The second-order valence-corrected chi connectivity index (χ2v) is 4.60. The van der Waals surface area contributed by atoms with Gasteiger partial charge >= 0.3 is 6.18 Å². The van der Waals surface area contributed by atoms with Crippen LogP contribution in [0.4, 0.5) is 13.2 Å². The van der Waals surface area contributed by atoms with Crippen LogP contribution in [0.1, 0.15) is 41.5 Å². The maximum absolute atomic E-state index is 13.0. The van der Waals surface area contributed by atoms with Gasteiger partial charge in [-0.3, -0.25) is 4.79 Å². The van der Waals surface area contributed by atoms with Crippen molar-refractivity contribution >= 4 is 6.29 Å². The lowest BCUT2D eigenvalue weighted by atomic mass is 10.0. The van der Waals surface area contributed by atoms with E-state index in [9.17, 15) is 18.0 Å². The second kappa shape index (κ2) is 5.07. The summed E-state index contributed by atoms with van der Waals surface area (Å²) in [4.78, 5) is 10.6. The molecule has 4 nitrogen and oxygen atoms in total. The number of aldehydes is 1. The van der Waals surface area contributed by atoms with E-state index >= 15 is 0 Å². The van der Waals surface area contributed by atoms with Crippen LogP contribution in [0.5, 0.6) is 0 Å². The first kappa shape index (κ1) is 14.2. The molecular formula is C13H12F3N3O. The molecule has 0 radical (unpaired) electrons. The van der Waals surface area contributed by atoms with Crippen molar-refractivity contribution in [2.45, 2.75) is 25.9 Å². The molecule has 7 heteroatoms. The lowest BCUT2D eigenvalue weighted by molar-refractivity contribution is -0.143. The van der Waals surface area contributed by atoms with Crippen LogP contribution in [0, 0.1) is 0 Å². The van der Waals surface area contributed by atoms with Gasteiger partial charge in [-0.2, -0.15) is 13.2 Å². The lowest BCUT2D eigenvalue weighted by Gasteiger charge is -2.11. The normalized spacial score (nSPS) is 11.9. The van der Waals surface area contributed by atoms with Gasteiger partial charge in [0.15, 0.2) is 17.7 Å². The number of hydrogen-bond donors (Lipinski definition) is 0. The molecule has 0 saturated heterocycles. The minimum atomic E-state index is -4.70. The highest BCUT2D eigenvalue weighted by Gasteiger charge is 2.39. The number of rotatable bonds is 3. The zero-order valence-corrected chi connectivity index (χ0v) is 10.8. The van der Waals surface area contributed by atoms with Gasteiger partial charge in [-0.25, -0.2) is 4.68 Å². The first-order valence-corrected chi connectivity index (χ1v) is 5.93. The van der Waals surface area contributed by atoms with Crippen molar-refractivity contribution < 1.29 is 18.0 Å². The van der Waals surface area contributed by atoms with E-state index in [2.05, 4.69) is 10.3 Å². The van der Waals surface area contributed by atoms with Crippen molar-refractivity contribution in [1.29, 1.82) is 0 Å². The molecule has 0 amide bonds. The van der Waals surface area contributed by atoms with Gasteiger partial charge in [-0.15, -0.1) is 5.10 Å². The summed E-state index contributed by atoms with van der Waals surface area (Å²) in [6, 6.07) is 6.49. The van der Waals surface area contributed by atoms with Crippen LogP contribution in [0.2, 0.25) is 0 Å². The molecule has 0 saturated carbocycles. The molecule has 0 aliphatic rings. The number of halogens is 3. The Labute approximate surface area is 113 Å². The fourth-order valence-electron chi connectivity index (χ4n) is 1.82. The van der Waals surface area contributed by atoms with Crippen LogP contribution >= 0.6 is 0 Å². The Morgan fingerprint density at radius 3 is 2.25 bits per heavy atom. The molecule has 2 rings (SSSR count). The van der Waals surface area contributed by atoms with E-state index in [4.69, 9.17) is 0 Å². The molecular weight excluding hydrogens is 271 g/mol. The molecule has 1 aromatic heterocycles. The molecule has 0 aliphatic carbocycles. The largest absolute Gasteiger partial charge is 0.435 e. The highest BCUT2D eigenvalue weighted by Crippen LogP contribution is 2.32. The van der Waals surface area contributed by atoms with Gasteiger partial charge in [0.2, 0.25) is 0 Å². The summed E-state index contributed by atoms with van der Waals surface area (Å²) in [6.45, 7) is 3.96. The minimum Gasteiger partial charge on any atom is -0.296 e. The topological polar surface area (TPSA) is 47.8 Å². The first-order chi connectivity index (χ1) is 9.34. The molecule has 1 aromatic carbocycles. The Morgan fingerprint density at radius 2 is 1.80 bits per heavy atom. The zero-order chi connectivity index (χ0) is 14.9. The summed E-state index contributed by atoms with van der Waals surface area (Å²) in [6.07, 6.45) is -4.65. The average molecular weight is 283 g/mol. The van der Waals surface area contributed by atoms with Crippen LogP contribution in [-0.2, 0) is 6.18 Å². The third-order valence-corrected chi connectivity index (χ3v) is 2.88. The Hall–Kier alpha value is -2.18. The van der Waals surface area contributed by atoms with E-state index < -0.39 is 17.6 Å². The van der Waals surface area contributed by atoms with Crippen LogP contribution in [-0.4, -0.2) is 21.3 Å². The molecule has 0 fully saturated rings. The summed E-state index contributed by atoms with van der Waals surface area (Å²) < 4.78 is 39.5. The third kappa shape index (κ3) is 2.56. The maximum atomic E-state index is 13.0. The molecule has 2 aromatic rings. The Morgan fingerprint density at radius 1 is 1.20 bits per heavy atom. The van der Waals surface area contributed by atoms with Gasteiger partial charge in [-0.05, 0) is 23.6 Å². The Bertz CT molecular complexity index is 615.